The average molecular weight is 392 g/mol. The number of aryl methyl sites for hydroxylation is 1. The number of carbonyl (C=O) groups is 1. The van der Waals surface area contributed by atoms with Crippen LogP contribution in [0.3, 0.4) is 0 Å². The van der Waals surface area contributed by atoms with Crippen LogP contribution in [0.4, 0.5) is 5.82 Å². The fourth-order valence-corrected chi connectivity index (χ4v) is 4.43. The smallest absolute Gasteiger partial charge is 0.347 e. The van der Waals surface area contributed by atoms with Crippen LogP contribution in [0.2, 0.25) is 0 Å². The molecule has 3 aromatic rings. The molecule has 1 amide bonds. The zero-order chi connectivity index (χ0) is 20.8. The predicted octanol–water partition coefficient (Wildman–Crippen LogP) is 5.23. The monoisotopic (exact) mass is 392 g/mol. The van der Waals surface area contributed by atoms with Gasteiger partial charge in [0.1, 0.15) is 16.8 Å². The molecule has 0 radical (unpaired) electrons. The Morgan fingerprint density at radius 3 is 2.72 bits per heavy atom. The molecule has 0 fully saturated rings. The molecule has 29 heavy (non-hydrogen) atoms. The van der Waals surface area contributed by atoms with Crippen molar-refractivity contribution in [1.29, 1.82) is 0 Å². The van der Waals surface area contributed by atoms with E-state index >= 15 is 0 Å². The lowest BCUT2D eigenvalue weighted by atomic mass is 9.68. The van der Waals surface area contributed by atoms with E-state index in [1.807, 2.05) is 24.3 Å². The molecule has 0 saturated carbocycles. The number of hydrogen-bond donors (Lipinski definition) is 1. The van der Waals surface area contributed by atoms with Gasteiger partial charge in [-0.2, -0.15) is 0 Å². The molecule has 1 aliphatic carbocycles. The van der Waals surface area contributed by atoms with Gasteiger partial charge in [-0.15, -0.1) is 0 Å². The van der Waals surface area contributed by atoms with Crippen LogP contribution >= 0.6 is 0 Å². The zero-order valence-electron chi connectivity index (χ0n) is 17.6. The first kappa shape index (κ1) is 19.6. The van der Waals surface area contributed by atoms with E-state index in [0.717, 1.165) is 47.7 Å². The summed E-state index contributed by atoms with van der Waals surface area (Å²) >= 11 is 0. The molecule has 1 aliphatic rings. The Bertz CT molecular complexity index is 1160. The molecular weight excluding hydrogens is 364 g/mol. The Morgan fingerprint density at radius 2 is 2.00 bits per heavy atom. The molecule has 0 saturated heterocycles. The SMILES string of the molecule is CCC(=O)Nc1nc2c(c3c1c(=O)oc1ccccc13)CC(C(C)(C)CC)CC2. The van der Waals surface area contributed by atoms with Gasteiger partial charge in [0.15, 0.2) is 0 Å². The third-order valence-corrected chi connectivity index (χ3v) is 6.72. The molecule has 0 spiro atoms. The van der Waals surface area contributed by atoms with Gasteiger partial charge in [-0.05, 0) is 42.2 Å². The van der Waals surface area contributed by atoms with E-state index in [-0.39, 0.29) is 11.3 Å². The van der Waals surface area contributed by atoms with Gasteiger partial charge >= 0.3 is 5.63 Å². The topological polar surface area (TPSA) is 72.2 Å². The van der Waals surface area contributed by atoms with Gasteiger partial charge in [-0.1, -0.05) is 52.3 Å². The van der Waals surface area contributed by atoms with Gasteiger partial charge in [-0.25, -0.2) is 9.78 Å². The Morgan fingerprint density at radius 1 is 1.24 bits per heavy atom. The maximum Gasteiger partial charge on any atom is 0.347 e. The van der Waals surface area contributed by atoms with Crippen molar-refractivity contribution in [3.8, 4) is 0 Å². The van der Waals surface area contributed by atoms with Crippen molar-refractivity contribution in [2.24, 2.45) is 11.3 Å². The lowest BCUT2D eigenvalue weighted by Crippen LogP contribution is -2.30. The van der Waals surface area contributed by atoms with E-state index in [2.05, 4.69) is 26.1 Å². The molecule has 1 unspecified atom stereocenters. The molecule has 1 atom stereocenters. The molecule has 5 nitrogen and oxygen atoms in total. The molecule has 1 N–H and O–H groups in total. The highest BCUT2D eigenvalue weighted by Crippen LogP contribution is 2.43. The number of carbonyl (C=O) groups excluding carboxylic acids is 1. The number of anilines is 1. The van der Waals surface area contributed by atoms with Crippen LogP contribution in [0.25, 0.3) is 21.7 Å². The van der Waals surface area contributed by atoms with Crippen molar-refractivity contribution in [1.82, 2.24) is 4.98 Å². The largest absolute Gasteiger partial charge is 0.422 e. The van der Waals surface area contributed by atoms with Crippen molar-refractivity contribution in [2.75, 3.05) is 5.32 Å². The summed E-state index contributed by atoms with van der Waals surface area (Å²) in [6.45, 7) is 8.66. The summed E-state index contributed by atoms with van der Waals surface area (Å²) in [5.74, 6) is 0.692. The van der Waals surface area contributed by atoms with Gasteiger partial charge < -0.3 is 9.73 Å². The van der Waals surface area contributed by atoms with Crippen molar-refractivity contribution in [2.45, 2.75) is 59.8 Å². The van der Waals surface area contributed by atoms with E-state index in [4.69, 9.17) is 9.40 Å². The van der Waals surface area contributed by atoms with E-state index in [1.165, 1.54) is 0 Å². The quantitative estimate of drug-likeness (QED) is 0.487. The Balaban J connectivity index is 2.04. The molecule has 4 rings (SSSR count). The number of aromatic nitrogens is 1. The number of nitrogens with zero attached hydrogens (tertiary/aromatic N) is 1. The number of benzene rings is 1. The molecule has 2 heterocycles. The summed E-state index contributed by atoms with van der Waals surface area (Å²) in [6, 6.07) is 7.63. The Hall–Kier alpha value is -2.69. The second-order valence-electron chi connectivity index (χ2n) is 8.70. The van der Waals surface area contributed by atoms with Crippen LogP contribution in [0, 0.1) is 11.3 Å². The number of hydrogen-bond acceptors (Lipinski definition) is 4. The fourth-order valence-electron chi connectivity index (χ4n) is 4.43. The molecule has 152 valence electrons. The minimum Gasteiger partial charge on any atom is -0.422 e. The number of pyridine rings is 1. The van der Waals surface area contributed by atoms with Crippen molar-refractivity contribution in [3.05, 3.63) is 45.9 Å². The first-order valence-electron chi connectivity index (χ1n) is 10.5. The van der Waals surface area contributed by atoms with Crippen LogP contribution in [-0.4, -0.2) is 10.9 Å². The molecular formula is C24H28N2O3. The second kappa shape index (κ2) is 7.29. The highest BCUT2D eigenvalue weighted by atomic mass is 16.4. The van der Waals surface area contributed by atoms with E-state index in [9.17, 15) is 9.59 Å². The lowest BCUT2D eigenvalue weighted by molar-refractivity contribution is -0.115. The van der Waals surface area contributed by atoms with Gasteiger partial charge in [-0.3, -0.25) is 4.79 Å². The van der Waals surface area contributed by atoms with Crippen LogP contribution in [-0.2, 0) is 17.6 Å². The number of fused-ring (bicyclic) bond motifs is 5. The van der Waals surface area contributed by atoms with Crippen LogP contribution < -0.4 is 10.9 Å². The number of para-hydroxylation sites is 1. The minimum atomic E-state index is -0.447. The van der Waals surface area contributed by atoms with E-state index in [0.29, 0.717) is 29.1 Å². The second-order valence-corrected chi connectivity index (χ2v) is 8.70. The first-order valence-corrected chi connectivity index (χ1v) is 10.5. The number of amides is 1. The van der Waals surface area contributed by atoms with E-state index < -0.39 is 5.63 Å². The summed E-state index contributed by atoms with van der Waals surface area (Å²) in [5, 5.41) is 5.02. The molecule has 5 heteroatoms. The summed E-state index contributed by atoms with van der Waals surface area (Å²) in [7, 11) is 0. The van der Waals surface area contributed by atoms with Crippen LogP contribution in [0.1, 0.15) is 58.2 Å². The van der Waals surface area contributed by atoms with Crippen molar-refractivity contribution < 1.29 is 9.21 Å². The first-order chi connectivity index (χ1) is 13.9. The van der Waals surface area contributed by atoms with E-state index in [1.54, 1.807) is 6.92 Å². The van der Waals surface area contributed by atoms with Gasteiger partial charge in [0.25, 0.3) is 0 Å². The maximum absolute atomic E-state index is 12.9. The molecule has 1 aromatic carbocycles. The standard InChI is InChI=1S/C24H28N2O3/c1-5-19(27)26-22-21-20(15-9-7-8-10-18(15)29-23(21)28)16-13-14(24(3,4)6-2)11-12-17(16)25-22/h7-10,14H,5-6,11-13H2,1-4H3,(H,25,26,27). The average Bonchev–Trinajstić information content (AvgIpc) is 2.72. The number of nitrogens with one attached hydrogen (secondary N) is 1. The summed E-state index contributed by atoms with van der Waals surface area (Å²) < 4.78 is 5.59. The molecule has 2 aromatic heterocycles. The molecule has 0 aliphatic heterocycles. The zero-order valence-corrected chi connectivity index (χ0v) is 17.6. The molecule has 0 bridgehead atoms. The van der Waals surface area contributed by atoms with Crippen molar-refractivity contribution in [3.63, 3.8) is 0 Å². The lowest BCUT2D eigenvalue weighted by Gasteiger charge is -2.37. The Labute approximate surface area is 170 Å². The Kier molecular flexibility index (Phi) is 4.93. The third kappa shape index (κ3) is 3.33. The van der Waals surface area contributed by atoms with Crippen molar-refractivity contribution >= 4 is 33.5 Å². The minimum absolute atomic E-state index is 0.160. The third-order valence-electron chi connectivity index (χ3n) is 6.72. The highest BCUT2D eigenvalue weighted by molar-refractivity contribution is 6.11. The van der Waals surface area contributed by atoms with Gasteiger partial charge in [0.05, 0.1) is 0 Å². The summed E-state index contributed by atoms with van der Waals surface area (Å²) in [6.07, 6.45) is 4.22. The van der Waals surface area contributed by atoms with Gasteiger partial charge in [0, 0.05) is 22.9 Å². The highest BCUT2D eigenvalue weighted by Gasteiger charge is 2.33. The van der Waals surface area contributed by atoms with Crippen LogP contribution in [0.15, 0.2) is 33.5 Å². The normalized spacial score (nSPS) is 16.8. The fraction of sp³-hybridized carbons (Fsp3) is 0.458. The summed E-state index contributed by atoms with van der Waals surface area (Å²) in [5.41, 5.74) is 2.47. The summed E-state index contributed by atoms with van der Waals surface area (Å²) in [4.78, 5) is 29.8. The van der Waals surface area contributed by atoms with Crippen LogP contribution in [0.5, 0.6) is 0 Å². The predicted molar refractivity (Wildman–Crippen MR) is 116 cm³/mol. The number of rotatable bonds is 4. The maximum atomic E-state index is 12.9. The van der Waals surface area contributed by atoms with Gasteiger partial charge in [0.2, 0.25) is 5.91 Å².